The first-order valence-corrected chi connectivity index (χ1v) is 4.51. The van der Waals surface area contributed by atoms with E-state index in [0.29, 0.717) is 13.2 Å². The second kappa shape index (κ2) is 6.75. The Morgan fingerprint density at radius 2 is 2.07 bits per heavy atom. The number of carboxylic acid groups (broad SMARTS) is 1. The van der Waals surface area contributed by atoms with E-state index in [1.54, 1.807) is 0 Å². The van der Waals surface area contributed by atoms with Crippen molar-refractivity contribution < 1.29 is 24.1 Å². The zero-order chi connectivity index (χ0) is 11.0. The molecule has 0 saturated heterocycles. The van der Waals surface area contributed by atoms with E-state index in [0.717, 1.165) is 0 Å². The summed E-state index contributed by atoms with van der Waals surface area (Å²) < 4.78 is 15.0. The molecule has 0 amide bonds. The standard InChI is InChI=1S/C9H18O5/c1-4-13-5-6-14-9(2,7-12-3)8(10)11/h4-7H2,1-3H3,(H,10,11). The molecule has 14 heavy (non-hydrogen) atoms. The summed E-state index contributed by atoms with van der Waals surface area (Å²) in [6.07, 6.45) is 0. The van der Waals surface area contributed by atoms with Gasteiger partial charge in [-0.15, -0.1) is 0 Å². The van der Waals surface area contributed by atoms with E-state index in [1.165, 1.54) is 14.0 Å². The van der Waals surface area contributed by atoms with Gasteiger partial charge in [0.15, 0.2) is 5.60 Å². The van der Waals surface area contributed by atoms with Gasteiger partial charge in [-0.05, 0) is 13.8 Å². The predicted octanol–water partition coefficient (Wildman–Crippen LogP) is 0.529. The molecule has 0 aliphatic carbocycles. The third-order valence-electron chi connectivity index (χ3n) is 1.72. The number of hydrogen-bond donors (Lipinski definition) is 1. The SMILES string of the molecule is CCOCCOC(C)(COC)C(=O)O. The average molecular weight is 206 g/mol. The van der Waals surface area contributed by atoms with Crippen molar-refractivity contribution in [2.45, 2.75) is 19.4 Å². The van der Waals surface area contributed by atoms with Crippen LogP contribution in [0.2, 0.25) is 0 Å². The Bertz CT molecular complexity index is 171. The molecule has 0 spiro atoms. The van der Waals surface area contributed by atoms with Crippen LogP contribution in [0.4, 0.5) is 0 Å². The van der Waals surface area contributed by atoms with E-state index < -0.39 is 11.6 Å². The highest BCUT2D eigenvalue weighted by Crippen LogP contribution is 2.10. The summed E-state index contributed by atoms with van der Waals surface area (Å²) in [6, 6.07) is 0. The molecule has 0 aliphatic rings. The minimum Gasteiger partial charge on any atom is -0.479 e. The van der Waals surface area contributed by atoms with Crippen molar-refractivity contribution in [2.75, 3.05) is 33.5 Å². The topological polar surface area (TPSA) is 65.0 Å². The van der Waals surface area contributed by atoms with Gasteiger partial charge in [0.05, 0.1) is 19.8 Å². The molecule has 0 aliphatic heterocycles. The maximum atomic E-state index is 10.8. The minimum absolute atomic E-state index is 0.0223. The number of ether oxygens (including phenoxy) is 3. The maximum Gasteiger partial charge on any atom is 0.338 e. The maximum absolute atomic E-state index is 10.8. The monoisotopic (exact) mass is 206 g/mol. The van der Waals surface area contributed by atoms with E-state index in [2.05, 4.69) is 0 Å². The molecule has 1 unspecified atom stereocenters. The van der Waals surface area contributed by atoms with Crippen molar-refractivity contribution in [3.05, 3.63) is 0 Å². The van der Waals surface area contributed by atoms with E-state index in [9.17, 15) is 4.79 Å². The lowest BCUT2D eigenvalue weighted by Crippen LogP contribution is -2.43. The van der Waals surface area contributed by atoms with Crippen molar-refractivity contribution in [2.24, 2.45) is 0 Å². The van der Waals surface area contributed by atoms with Gasteiger partial charge in [-0.3, -0.25) is 0 Å². The third-order valence-corrected chi connectivity index (χ3v) is 1.72. The van der Waals surface area contributed by atoms with Crippen LogP contribution in [0.3, 0.4) is 0 Å². The Hall–Kier alpha value is -0.650. The summed E-state index contributed by atoms with van der Waals surface area (Å²) in [5.74, 6) is -1.03. The number of rotatable bonds is 8. The van der Waals surface area contributed by atoms with Crippen molar-refractivity contribution >= 4 is 5.97 Å². The molecule has 1 N–H and O–H groups in total. The van der Waals surface area contributed by atoms with Crippen LogP contribution in [0.25, 0.3) is 0 Å². The molecule has 0 heterocycles. The molecule has 0 rings (SSSR count). The number of methoxy groups -OCH3 is 1. The summed E-state index contributed by atoms with van der Waals surface area (Å²) in [7, 11) is 1.44. The van der Waals surface area contributed by atoms with Gasteiger partial charge < -0.3 is 19.3 Å². The average Bonchev–Trinajstić information content (AvgIpc) is 2.13. The Labute approximate surface area is 84.0 Å². The van der Waals surface area contributed by atoms with Crippen molar-refractivity contribution in [3.63, 3.8) is 0 Å². The van der Waals surface area contributed by atoms with E-state index in [4.69, 9.17) is 19.3 Å². The van der Waals surface area contributed by atoms with Gasteiger partial charge in [-0.2, -0.15) is 0 Å². The van der Waals surface area contributed by atoms with Gasteiger partial charge in [0, 0.05) is 13.7 Å². The lowest BCUT2D eigenvalue weighted by molar-refractivity contribution is -0.172. The lowest BCUT2D eigenvalue weighted by atomic mass is 10.1. The first kappa shape index (κ1) is 13.4. The van der Waals surface area contributed by atoms with Crippen molar-refractivity contribution in [1.29, 1.82) is 0 Å². The molecular weight excluding hydrogens is 188 g/mol. The fraction of sp³-hybridized carbons (Fsp3) is 0.889. The summed E-state index contributed by atoms with van der Waals surface area (Å²) in [6.45, 7) is 4.60. The molecule has 84 valence electrons. The van der Waals surface area contributed by atoms with Crippen LogP contribution in [0.5, 0.6) is 0 Å². The Morgan fingerprint density at radius 3 is 2.50 bits per heavy atom. The molecule has 0 aromatic carbocycles. The molecule has 0 saturated carbocycles. The molecule has 0 aromatic rings. The normalized spacial score (nSPS) is 15.1. The van der Waals surface area contributed by atoms with Gasteiger partial charge in [0.25, 0.3) is 0 Å². The molecule has 0 radical (unpaired) electrons. The molecular formula is C9H18O5. The number of aliphatic carboxylic acids is 1. The van der Waals surface area contributed by atoms with E-state index >= 15 is 0 Å². The summed E-state index contributed by atoms with van der Waals surface area (Å²) in [5.41, 5.74) is -1.29. The molecule has 0 bridgehead atoms. The molecule has 1 atom stereocenters. The van der Waals surface area contributed by atoms with Gasteiger partial charge in [0.2, 0.25) is 0 Å². The van der Waals surface area contributed by atoms with Crippen molar-refractivity contribution in [3.8, 4) is 0 Å². The van der Waals surface area contributed by atoms with Gasteiger partial charge in [0.1, 0.15) is 0 Å². The Kier molecular flexibility index (Phi) is 6.44. The number of carbonyl (C=O) groups is 1. The van der Waals surface area contributed by atoms with E-state index in [1.807, 2.05) is 6.92 Å². The number of carboxylic acids is 1. The Morgan fingerprint density at radius 1 is 1.43 bits per heavy atom. The zero-order valence-corrected chi connectivity index (χ0v) is 8.91. The molecule has 0 aromatic heterocycles. The highest BCUT2D eigenvalue weighted by molar-refractivity contribution is 5.77. The zero-order valence-electron chi connectivity index (χ0n) is 8.91. The summed E-state index contributed by atoms with van der Waals surface area (Å²) in [5, 5.41) is 8.87. The second-order valence-corrected chi connectivity index (χ2v) is 3.01. The first-order valence-electron chi connectivity index (χ1n) is 4.51. The smallest absolute Gasteiger partial charge is 0.338 e. The van der Waals surface area contributed by atoms with Crippen LogP contribution < -0.4 is 0 Å². The predicted molar refractivity (Wildman–Crippen MR) is 50.4 cm³/mol. The molecule has 0 fully saturated rings. The second-order valence-electron chi connectivity index (χ2n) is 3.01. The number of hydrogen-bond acceptors (Lipinski definition) is 4. The molecule has 5 heteroatoms. The largest absolute Gasteiger partial charge is 0.479 e. The minimum atomic E-state index is -1.29. The van der Waals surface area contributed by atoms with Gasteiger partial charge >= 0.3 is 5.97 Å². The van der Waals surface area contributed by atoms with Crippen molar-refractivity contribution in [1.82, 2.24) is 0 Å². The van der Waals surface area contributed by atoms with Crippen LogP contribution in [-0.2, 0) is 19.0 Å². The highest BCUT2D eigenvalue weighted by atomic mass is 16.6. The van der Waals surface area contributed by atoms with Crippen LogP contribution in [0.1, 0.15) is 13.8 Å². The quantitative estimate of drug-likeness (QED) is 0.587. The fourth-order valence-electron chi connectivity index (χ4n) is 0.911. The lowest BCUT2D eigenvalue weighted by Gasteiger charge is -2.24. The van der Waals surface area contributed by atoms with E-state index in [-0.39, 0.29) is 13.2 Å². The van der Waals surface area contributed by atoms with Crippen LogP contribution in [0.15, 0.2) is 0 Å². The summed E-state index contributed by atoms with van der Waals surface area (Å²) >= 11 is 0. The molecule has 5 nitrogen and oxygen atoms in total. The van der Waals surface area contributed by atoms with Crippen LogP contribution in [-0.4, -0.2) is 50.2 Å². The van der Waals surface area contributed by atoms with Gasteiger partial charge in [-0.1, -0.05) is 0 Å². The summed E-state index contributed by atoms with van der Waals surface area (Å²) in [4.78, 5) is 10.8. The Balaban J connectivity index is 3.90. The first-order chi connectivity index (χ1) is 6.56. The van der Waals surface area contributed by atoms with Gasteiger partial charge in [-0.25, -0.2) is 4.79 Å². The van der Waals surface area contributed by atoms with Crippen LogP contribution >= 0.6 is 0 Å². The fourth-order valence-corrected chi connectivity index (χ4v) is 0.911. The van der Waals surface area contributed by atoms with Crippen LogP contribution in [0, 0.1) is 0 Å². The third kappa shape index (κ3) is 4.55. The highest BCUT2D eigenvalue weighted by Gasteiger charge is 2.34.